The lowest BCUT2D eigenvalue weighted by Gasteiger charge is -2.10. The van der Waals surface area contributed by atoms with E-state index in [0.717, 1.165) is 11.1 Å². The molecule has 0 saturated heterocycles. The van der Waals surface area contributed by atoms with Gasteiger partial charge in [-0.15, -0.1) is 11.6 Å². The highest BCUT2D eigenvalue weighted by Gasteiger charge is 2.15. The van der Waals surface area contributed by atoms with E-state index in [4.69, 9.17) is 11.6 Å². The number of imidazole rings is 1. The van der Waals surface area contributed by atoms with Crippen molar-refractivity contribution in [2.75, 3.05) is 0 Å². The molecule has 0 aliphatic carbocycles. The summed E-state index contributed by atoms with van der Waals surface area (Å²) in [4.78, 5) is 4.39. The Bertz CT molecular complexity index is 796. The summed E-state index contributed by atoms with van der Waals surface area (Å²) in [6.07, 6.45) is 0. The number of aromatic nitrogens is 2. The molecular weight excluding hydrogens is 294 g/mol. The summed E-state index contributed by atoms with van der Waals surface area (Å²) in [5.74, 6) is 0.0108. The van der Waals surface area contributed by atoms with Crippen molar-refractivity contribution in [3.05, 3.63) is 65.5 Å². The van der Waals surface area contributed by atoms with Gasteiger partial charge >= 0.3 is 0 Å². The minimum atomic E-state index is -0.341. The van der Waals surface area contributed by atoms with Gasteiger partial charge in [-0.1, -0.05) is 12.1 Å². The van der Waals surface area contributed by atoms with Crippen LogP contribution in [0.15, 0.2) is 42.5 Å². The molecule has 21 heavy (non-hydrogen) atoms. The minimum Gasteiger partial charge on any atom is -0.322 e. The molecule has 1 atom stereocenters. The van der Waals surface area contributed by atoms with Gasteiger partial charge in [-0.3, -0.25) is 0 Å². The molecule has 0 saturated carbocycles. The summed E-state index contributed by atoms with van der Waals surface area (Å²) in [7, 11) is 0. The Morgan fingerprint density at radius 3 is 2.62 bits per heavy atom. The average Bonchev–Trinajstić information content (AvgIpc) is 2.77. The third-order valence-corrected chi connectivity index (χ3v) is 3.52. The lowest BCUT2D eigenvalue weighted by atomic mass is 10.2. The second-order valence-electron chi connectivity index (χ2n) is 4.94. The minimum absolute atomic E-state index is 0.288. The molecule has 0 amide bonds. The summed E-state index contributed by atoms with van der Waals surface area (Å²) in [5.41, 5.74) is 2.13. The van der Waals surface area contributed by atoms with Crippen LogP contribution in [0.5, 0.6) is 0 Å². The second kappa shape index (κ2) is 5.45. The van der Waals surface area contributed by atoms with Crippen molar-refractivity contribution in [2.45, 2.75) is 18.8 Å². The summed E-state index contributed by atoms with van der Waals surface area (Å²) in [5, 5.41) is -0.325. The number of hydrogen-bond acceptors (Lipinski definition) is 1. The molecule has 0 N–H and O–H groups in total. The topological polar surface area (TPSA) is 17.8 Å². The van der Waals surface area contributed by atoms with E-state index in [-0.39, 0.29) is 17.0 Å². The Kier molecular flexibility index (Phi) is 3.64. The molecule has 0 aliphatic heterocycles. The molecule has 0 aliphatic rings. The molecule has 0 spiro atoms. The van der Waals surface area contributed by atoms with Crippen molar-refractivity contribution >= 4 is 22.6 Å². The van der Waals surface area contributed by atoms with Gasteiger partial charge in [0.25, 0.3) is 0 Å². The van der Waals surface area contributed by atoms with Gasteiger partial charge in [0, 0.05) is 12.6 Å². The van der Waals surface area contributed by atoms with Crippen molar-refractivity contribution in [2.24, 2.45) is 0 Å². The molecule has 108 valence electrons. The molecule has 3 rings (SSSR count). The van der Waals surface area contributed by atoms with E-state index >= 15 is 0 Å². The second-order valence-corrected chi connectivity index (χ2v) is 5.59. The Labute approximate surface area is 126 Å². The van der Waals surface area contributed by atoms with Gasteiger partial charge in [0.05, 0.1) is 16.4 Å². The van der Waals surface area contributed by atoms with E-state index in [0.29, 0.717) is 17.9 Å². The predicted molar refractivity (Wildman–Crippen MR) is 79.5 cm³/mol. The van der Waals surface area contributed by atoms with E-state index < -0.39 is 0 Å². The SMILES string of the molecule is CC(Cl)c1nc2cc(F)ccc2n1Cc1cccc(F)c1. The highest BCUT2D eigenvalue weighted by atomic mass is 35.5. The van der Waals surface area contributed by atoms with Crippen LogP contribution in [-0.2, 0) is 6.54 Å². The number of alkyl halides is 1. The van der Waals surface area contributed by atoms with Crippen molar-refractivity contribution in [1.29, 1.82) is 0 Å². The van der Waals surface area contributed by atoms with Gasteiger partial charge in [0.2, 0.25) is 0 Å². The zero-order valence-corrected chi connectivity index (χ0v) is 12.1. The number of hydrogen-bond donors (Lipinski definition) is 0. The first-order chi connectivity index (χ1) is 10.0. The molecule has 0 radical (unpaired) electrons. The largest absolute Gasteiger partial charge is 0.322 e. The standard InChI is InChI=1S/C16H13ClF2N2/c1-10(17)16-20-14-8-13(19)5-6-15(14)21(16)9-11-3-2-4-12(18)7-11/h2-8,10H,9H2,1H3. The molecular formula is C16H13ClF2N2. The molecule has 1 unspecified atom stereocenters. The Hall–Kier alpha value is -1.94. The third-order valence-electron chi connectivity index (χ3n) is 3.33. The normalized spacial score (nSPS) is 12.8. The Balaban J connectivity index is 2.13. The lowest BCUT2D eigenvalue weighted by Crippen LogP contribution is -2.06. The number of rotatable bonds is 3. The number of halogens is 3. The monoisotopic (exact) mass is 306 g/mol. The van der Waals surface area contributed by atoms with Crippen molar-refractivity contribution in [3.63, 3.8) is 0 Å². The van der Waals surface area contributed by atoms with Crippen molar-refractivity contribution in [3.8, 4) is 0 Å². The molecule has 2 nitrogen and oxygen atoms in total. The molecule has 5 heteroatoms. The smallest absolute Gasteiger partial charge is 0.128 e. The fourth-order valence-electron chi connectivity index (χ4n) is 2.41. The van der Waals surface area contributed by atoms with E-state index in [2.05, 4.69) is 4.98 Å². The van der Waals surface area contributed by atoms with Crippen LogP contribution in [0.1, 0.15) is 23.7 Å². The molecule has 0 bridgehead atoms. The first-order valence-electron chi connectivity index (χ1n) is 6.59. The van der Waals surface area contributed by atoms with Crippen LogP contribution in [0.3, 0.4) is 0 Å². The number of nitrogens with zero attached hydrogens (tertiary/aromatic N) is 2. The molecule has 1 heterocycles. The zero-order valence-electron chi connectivity index (χ0n) is 11.4. The lowest BCUT2D eigenvalue weighted by molar-refractivity contribution is 0.623. The molecule has 1 aromatic heterocycles. The maximum absolute atomic E-state index is 13.3. The van der Waals surface area contributed by atoms with Gasteiger partial charge in [-0.25, -0.2) is 13.8 Å². The fraction of sp³-hybridized carbons (Fsp3) is 0.188. The fourth-order valence-corrected chi connectivity index (χ4v) is 2.58. The number of benzene rings is 2. The van der Waals surface area contributed by atoms with Crippen LogP contribution in [0, 0.1) is 11.6 Å². The zero-order chi connectivity index (χ0) is 15.0. The third kappa shape index (κ3) is 2.76. The quantitative estimate of drug-likeness (QED) is 0.643. The first-order valence-corrected chi connectivity index (χ1v) is 7.02. The van der Waals surface area contributed by atoms with Crippen LogP contribution in [0.4, 0.5) is 8.78 Å². The van der Waals surface area contributed by atoms with Crippen LogP contribution in [0.25, 0.3) is 11.0 Å². The van der Waals surface area contributed by atoms with Gasteiger partial charge in [-0.05, 0) is 36.8 Å². The van der Waals surface area contributed by atoms with Gasteiger partial charge < -0.3 is 4.57 Å². The summed E-state index contributed by atoms with van der Waals surface area (Å²) in [6, 6.07) is 10.8. The first kappa shape index (κ1) is 14.0. The maximum Gasteiger partial charge on any atom is 0.128 e. The van der Waals surface area contributed by atoms with E-state index in [1.165, 1.54) is 24.3 Å². The van der Waals surface area contributed by atoms with Crippen molar-refractivity contribution in [1.82, 2.24) is 9.55 Å². The highest BCUT2D eigenvalue weighted by Crippen LogP contribution is 2.26. The van der Waals surface area contributed by atoms with E-state index in [1.807, 2.05) is 10.6 Å². The van der Waals surface area contributed by atoms with E-state index in [9.17, 15) is 8.78 Å². The van der Waals surface area contributed by atoms with Gasteiger partial charge in [0.15, 0.2) is 0 Å². The van der Waals surface area contributed by atoms with Crippen molar-refractivity contribution < 1.29 is 8.78 Å². The Morgan fingerprint density at radius 2 is 1.90 bits per heavy atom. The summed E-state index contributed by atoms with van der Waals surface area (Å²) < 4.78 is 28.5. The predicted octanol–water partition coefficient (Wildman–Crippen LogP) is 4.66. The van der Waals surface area contributed by atoms with Crippen LogP contribution < -0.4 is 0 Å². The summed E-state index contributed by atoms with van der Waals surface area (Å²) >= 11 is 6.17. The highest BCUT2D eigenvalue weighted by molar-refractivity contribution is 6.20. The molecule has 0 fully saturated rings. The van der Waals surface area contributed by atoms with Crippen LogP contribution in [-0.4, -0.2) is 9.55 Å². The van der Waals surface area contributed by atoms with Gasteiger partial charge in [-0.2, -0.15) is 0 Å². The number of fused-ring (bicyclic) bond motifs is 1. The summed E-state index contributed by atoms with van der Waals surface area (Å²) in [6.45, 7) is 2.24. The average molecular weight is 307 g/mol. The molecule has 2 aromatic carbocycles. The van der Waals surface area contributed by atoms with Gasteiger partial charge in [0.1, 0.15) is 17.5 Å². The van der Waals surface area contributed by atoms with Crippen LogP contribution in [0.2, 0.25) is 0 Å². The van der Waals surface area contributed by atoms with Crippen LogP contribution >= 0.6 is 11.6 Å². The van der Waals surface area contributed by atoms with E-state index in [1.54, 1.807) is 19.1 Å². The molecule has 3 aromatic rings. The maximum atomic E-state index is 13.3. The Morgan fingerprint density at radius 1 is 1.14 bits per heavy atom.